The van der Waals surface area contributed by atoms with Crippen molar-refractivity contribution in [3.63, 3.8) is 0 Å². The summed E-state index contributed by atoms with van der Waals surface area (Å²) in [6.07, 6.45) is 3.27. The van der Waals surface area contributed by atoms with Crippen molar-refractivity contribution in [2.45, 2.75) is 51.1 Å². The number of benzene rings is 1. The van der Waals surface area contributed by atoms with Gasteiger partial charge in [-0.25, -0.2) is 0 Å². The molecule has 114 valence electrons. The van der Waals surface area contributed by atoms with Crippen LogP contribution in [0, 0.1) is 0 Å². The third-order valence-corrected chi connectivity index (χ3v) is 3.71. The lowest BCUT2D eigenvalue weighted by molar-refractivity contribution is -0.118. The Labute approximate surface area is 125 Å². The molecule has 5 heteroatoms. The molecule has 0 saturated heterocycles. The molecule has 0 spiro atoms. The summed E-state index contributed by atoms with van der Waals surface area (Å²) in [4.78, 5) is 23.7. The zero-order chi connectivity index (χ0) is 15.5. The van der Waals surface area contributed by atoms with E-state index >= 15 is 0 Å². The van der Waals surface area contributed by atoms with E-state index < -0.39 is 0 Å². The van der Waals surface area contributed by atoms with E-state index in [-0.39, 0.29) is 23.4 Å². The zero-order valence-electron chi connectivity index (χ0n) is 12.6. The second-order valence-electron chi connectivity index (χ2n) is 6.15. The number of anilines is 1. The van der Waals surface area contributed by atoms with Crippen LogP contribution in [0.5, 0.6) is 0 Å². The van der Waals surface area contributed by atoms with E-state index in [0.29, 0.717) is 17.7 Å². The van der Waals surface area contributed by atoms with Crippen molar-refractivity contribution in [3.05, 3.63) is 29.8 Å². The lowest BCUT2D eigenvalue weighted by Crippen LogP contribution is -2.48. The van der Waals surface area contributed by atoms with Crippen molar-refractivity contribution in [3.8, 4) is 0 Å². The third kappa shape index (κ3) is 4.29. The first-order valence-corrected chi connectivity index (χ1v) is 7.38. The summed E-state index contributed by atoms with van der Waals surface area (Å²) in [5.74, 6) is -0.185. The van der Waals surface area contributed by atoms with Crippen molar-refractivity contribution in [2.24, 2.45) is 5.73 Å². The van der Waals surface area contributed by atoms with Crippen LogP contribution in [0.25, 0.3) is 0 Å². The van der Waals surface area contributed by atoms with Crippen LogP contribution < -0.4 is 16.4 Å². The summed E-state index contributed by atoms with van der Waals surface area (Å²) in [5.41, 5.74) is 7.00. The van der Waals surface area contributed by atoms with Crippen LogP contribution in [0.4, 0.5) is 5.69 Å². The topological polar surface area (TPSA) is 84.2 Å². The second kappa shape index (κ2) is 6.26. The SMILES string of the molecule is CC(C)NC(=O)c1ccc(NC(=O)CC2(N)CCC2)cc1. The van der Waals surface area contributed by atoms with E-state index in [1.54, 1.807) is 24.3 Å². The zero-order valence-corrected chi connectivity index (χ0v) is 12.6. The summed E-state index contributed by atoms with van der Waals surface area (Å²) in [6, 6.07) is 6.97. The van der Waals surface area contributed by atoms with Gasteiger partial charge in [-0.1, -0.05) is 0 Å². The molecule has 1 aromatic rings. The smallest absolute Gasteiger partial charge is 0.251 e. The standard InChI is InChI=1S/C16H23N3O2/c1-11(2)18-15(21)12-4-6-13(7-5-12)19-14(20)10-16(17)8-3-9-16/h4-7,11H,3,8-10,17H2,1-2H3,(H,18,21)(H,19,20). The monoisotopic (exact) mass is 289 g/mol. The van der Waals surface area contributed by atoms with Gasteiger partial charge in [-0.2, -0.15) is 0 Å². The number of carbonyl (C=O) groups is 2. The van der Waals surface area contributed by atoms with Crippen molar-refractivity contribution in [2.75, 3.05) is 5.32 Å². The fraction of sp³-hybridized carbons (Fsp3) is 0.500. The molecule has 2 amide bonds. The fourth-order valence-electron chi connectivity index (χ4n) is 2.38. The number of amides is 2. The molecule has 5 nitrogen and oxygen atoms in total. The van der Waals surface area contributed by atoms with Gasteiger partial charge in [-0.05, 0) is 57.4 Å². The predicted octanol–water partition coefficient (Wildman–Crippen LogP) is 2.03. The van der Waals surface area contributed by atoms with Crippen molar-refractivity contribution in [1.29, 1.82) is 0 Å². The van der Waals surface area contributed by atoms with E-state index in [1.165, 1.54) is 0 Å². The summed E-state index contributed by atoms with van der Waals surface area (Å²) in [6.45, 7) is 3.82. The predicted molar refractivity (Wildman–Crippen MR) is 83.1 cm³/mol. The van der Waals surface area contributed by atoms with Gasteiger partial charge in [0.1, 0.15) is 0 Å². The summed E-state index contributed by atoms with van der Waals surface area (Å²) < 4.78 is 0. The average Bonchev–Trinajstić information content (AvgIpc) is 2.36. The van der Waals surface area contributed by atoms with E-state index in [0.717, 1.165) is 19.3 Å². The fourth-order valence-corrected chi connectivity index (χ4v) is 2.38. The van der Waals surface area contributed by atoms with Crippen molar-refractivity contribution in [1.82, 2.24) is 5.32 Å². The summed E-state index contributed by atoms with van der Waals surface area (Å²) in [7, 11) is 0. The van der Waals surface area contributed by atoms with Gasteiger partial charge in [0, 0.05) is 29.3 Å². The van der Waals surface area contributed by atoms with E-state index in [4.69, 9.17) is 5.73 Å². The van der Waals surface area contributed by atoms with Crippen LogP contribution in [-0.2, 0) is 4.79 Å². The molecule has 2 rings (SSSR count). The molecule has 1 saturated carbocycles. The molecule has 1 aliphatic carbocycles. The van der Waals surface area contributed by atoms with Crippen LogP contribution in [0.15, 0.2) is 24.3 Å². The molecule has 1 aromatic carbocycles. The second-order valence-corrected chi connectivity index (χ2v) is 6.15. The Morgan fingerprint density at radius 1 is 1.24 bits per heavy atom. The lowest BCUT2D eigenvalue weighted by Gasteiger charge is -2.37. The minimum atomic E-state index is -0.318. The first kappa shape index (κ1) is 15.5. The lowest BCUT2D eigenvalue weighted by atomic mass is 9.75. The van der Waals surface area contributed by atoms with E-state index in [9.17, 15) is 9.59 Å². The Balaban J connectivity index is 1.90. The number of rotatable bonds is 5. The van der Waals surface area contributed by atoms with Gasteiger partial charge < -0.3 is 16.4 Å². The maximum atomic E-state index is 11.9. The number of hydrogen-bond acceptors (Lipinski definition) is 3. The van der Waals surface area contributed by atoms with Crippen LogP contribution in [0.3, 0.4) is 0 Å². The molecular formula is C16H23N3O2. The number of nitrogens with one attached hydrogen (secondary N) is 2. The normalized spacial score (nSPS) is 16.2. The first-order valence-electron chi connectivity index (χ1n) is 7.38. The molecule has 0 bridgehead atoms. The highest BCUT2D eigenvalue weighted by Crippen LogP contribution is 2.32. The highest BCUT2D eigenvalue weighted by Gasteiger charge is 2.34. The van der Waals surface area contributed by atoms with E-state index in [1.807, 2.05) is 13.8 Å². The Morgan fingerprint density at radius 2 is 1.86 bits per heavy atom. The minimum Gasteiger partial charge on any atom is -0.350 e. The van der Waals surface area contributed by atoms with Crippen molar-refractivity contribution >= 4 is 17.5 Å². The molecule has 0 aromatic heterocycles. The Hall–Kier alpha value is -1.88. The molecule has 0 atom stereocenters. The van der Waals surface area contributed by atoms with Crippen molar-refractivity contribution < 1.29 is 9.59 Å². The number of carbonyl (C=O) groups excluding carboxylic acids is 2. The van der Waals surface area contributed by atoms with Crippen LogP contribution >= 0.6 is 0 Å². The van der Waals surface area contributed by atoms with Gasteiger partial charge in [-0.3, -0.25) is 9.59 Å². The van der Waals surface area contributed by atoms with Crippen LogP contribution in [0.2, 0.25) is 0 Å². The van der Waals surface area contributed by atoms with Gasteiger partial charge in [-0.15, -0.1) is 0 Å². The van der Waals surface area contributed by atoms with Gasteiger partial charge in [0.25, 0.3) is 5.91 Å². The Morgan fingerprint density at radius 3 is 2.33 bits per heavy atom. The molecular weight excluding hydrogens is 266 g/mol. The quantitative estimate of drug-likeness (QED) is 0.775. The largest absolute Gasteiger partial charge is 0.350 e. The molecule has 1 fully saturated rings. The number of nitrogens with two attached hydrogens (primary N) is 1. The molecule has 0 unspecified atom stereocenters. The summed E-state index contributed by atoms with van der Waals surface area (Å²) >= 11 is 0. The molecule has 0 heterocycles. The number of hydrogen-bond donors (Lipinski definition) is 3. The Bertz CT molecular complexity index is 519. The van der Waals surface area contributed by atoms with Gasteiger partial charge >= 0.3 is 0 Å². The first-order chi connectivity index (χ1) is 9.88. The highest BCUT2D eigenvalue weighted by molar-refractivity contribution is 5.96. The Kier molecular flexibility index (Phi) is 4.63. The van der Waals surface area contributed by atoms with Crippen LogP contribution in [-0.4, -0.2) is 23.4 Å². The summed E-state index contributed by atoms with van der Waals surface area (Å²) in [5, 5.41) is 5.65. The highest BCUT2D eigenvalue weighted by atomic mass is 16.2. The third-order valence-electron chi connectivity index (χ3n) is 3.71. The molecule has 21 heavy (non-hydrogen) atoms. The molecule has 1 aliphatic rings. The molecule has 0 aliphatic heterocycles. The minimum absolute atomic E-state index is 0.0726. The van der Waals surface area contributed by atoms with E-state index in [2.05, 4.69) is 10.6 Å². The average molecular weight is 289 g/mol. The maximum Gasteiger partial charge on any atom is 0.251 e. The maximum absolute atomic E-state index is 11.9. The van der Waals surface area contributed by atoms with Gasteiger partial charge in [0.05, 0.1) is 0 Å². The molecule has 0 radical (unpaired) electrons. The van der Waals surface area contributed by atoms with Gasteiger partial charge in [0.2, 0.25) is 5.91 Å². The van der Waals surface area contributed by atoms with Crippen LogP contribution in [0.1, 0.15) is 49.9 Å². The molecule has 4 N–H and O–H groups in total. The van der Waals surface area contributed by atoms with Gasteiger partial charge in [0.15, 0.2) is 0 Å².